The SMILES string of the molecule is COC1=C(Br)[C@@H](O)[C@](O)(CC#N)C=C1Br. The van der Waals surface area contributed by atoms with Crippen LogP contribution >= 0.6 is 31.9 Å². The standard InChI is InChI=1S/C9H9Br2NO3/c1-15-7-5(10)4-9(14,2-3-12)8(13)6(7)11/h4,8,13-14H,2H2,1H3/t8-,9+/m1/s1. The van der Waals surface area contributed by atoms with Crippen molar-refractivity contribution in [1.29, 1.82) is 5.26 Å². The van der Waals surface area contributed by atoms with Gasteiger partial charge in [-0.1, -0.05) is 0 Å². The maximum atomic E-state index is 10.00. The molecule has 0 aromatic rings. The van der Waals surface area contributed by atoms with Crippen LogP contribution in [0.5, 0.6) is 0 Å². The van der Waals surface area contributed by atoms with Gasteiger partial charge in [-0.05, 0) is 37.9 Å². The van der Waals surface area contributed by atoms with E-state index in [-0.39, 0.29) is 6.42 Å². The summed E-state index contributed by atoms with van der Waals surface area (Å²) in [7, 11) is 1.45. The maximum absolute atomic E-state index is 10.00. The van der Waals surface area contributed by atoms with Crippen LogP contribution in [0.25, 0.3) is 0 Å². The van der Waals surface area contributed by atoms with E-state index in [1.807, 2.05) is 6.07 Å². The summed E-state index contributed by atoms with van der Waals surface area (Å²) in [5.41, 5.74) is -1.59. The molecule has 2 atom stereocenters. The minimum Gasteiger partial charge on any atom is -0.495 e. The Hall–Kier alpha value is -0.350. The Balaban J connectivity index is 3.16. The number of methoxy groups -OCH3 is 1. The van der Waals surface area contributed by atoms with Crippen molar-refractivity contribution >= 4 is 31.9 Å². The van der Waals surface area contributed by atoms with Gasteiger partial charge in [-0.25, -0.2) is 0 Å². The van der Waals surface area contributed by atoms with Crippen molar-refractivity contribution in [3.63, 3.8) is 0 Å². The summed E-state index contributed by atoms with van der Waals surface area (Å²) < 4.78 is 5.84. The van der Waals surface area contributed by atoms with E-state index < -0.39 is 11.7 Å². The fourth-order valence-electron chi connectivity index (χ4n) is 1.29. The van der Waals surface area contributed by atoms with Crippen LogP contribution in [0.2, 0.25) is 0 Å². The Bertz CT molecular complexity index is 372. The molecule has 0 aromatic carbocycles. The first-order chi connectivity index (χ1) is 6.96. The first-order valence-electron chi connectivity index (χ1n) is 4.06. The molecular weight excluding hydrogens is 330 g/mol. The van der Waals surface area contributed by atoms with Crippen molar-refractivity contribution in [2.24, 2.45) is 0 Å². The largest absolute Gasteiger partial charge is 0.495 e. The molecule has 0 fully saturated rings. The van der Waals surface area contributed by atoms with E-state index in [1.165, 1.54) is 13.2 Å². The molecule has 0 saturated heterocycles. The lowest BCUT2D eigenvalue weighted by Gasteiger charge is -2.32. The summed E-state index contributed by atoms with van der Waals surface area (Å²) in [6.07, 6.45) is -0.0340. The minimum absolute atomic E-state index is 0.199. The number of aliphatic hydroxyl groups excluding tert-OH is 1. The molecule has 0 radical (unpaired) electrons. The molecule has 2 N–H and O–H groups in total. The van der Waals surface area contributed by atoms with E-state index in [9.17, 15) is 10.2 Å². The van der Waals surface area contributed by atoms with Crippen molar-refractivity contribution in [3.8, 4) is 6.07 Å². The second kappa shape index (κ2) is 4.66. The predicted molar refractivity (Wildman–Crippen MR) is 61.2 cm³/mol. The van der Waals surface area contributed by atoms with Crippen LogP contribution in [0.15, 0.2) is 20.8 Å². The van der Waals surface area contributed by atoms with Crippen LogP contribution in [0.4, 0.5) is 0 Å². The molecule has 6 heteroatoms. The van der Waals surface area contributed by atoms with Gasteiger partial charge in [-0.2, -0.15) is 5.26 Å². The highest BCUT2D eigenvalue weighted by Crippen LogP contribution is 2.39. The zero-order chi connectivity index (χ0) is 11.6. The Kier molecular flexibility index (Phi) is 3.95. The molecule has 0 unspecified atom stereocenters. The van der Waals surface area contributed by atoms with E-state index in [0.717, 1.165) is 0 Å². The zero-order valence-electron chi connectivity index (χ0n) is 7.87. The molecule has 1 aliphatic rings. The van der Waals surface area contributed by atoms with Gasteiger partial charge in [-0.15, -0.1) is 0 Å². The number of nitriles is 1. The molecule has 0 spiro atoms. The second-order valence-corrected chi connectivity index (χ2v) is 4.81. The Morgan fingerprint density at radius 1 is 1.67 bits per heavy atom. The molecule has 4 nitrogen and oxygen atoms in total. The van der Waals surface area contributed by atoms with Crippen LogP contribution in [-0.2, 0) is 4.74 Å². The van der Waals surface area contributed by atoms with Gasteiger partial charge in [0.25, 0.3) is 0 Å². The number of rotatable bonds is 2. The molecule has 0 aliphatic heterocycles. The number of ether oxygens (including phenoxy) is 1. The predicted octanol–water partition coefficient (Wildman–Crippen LogP) is 1.54. The highest BCUT2D eigenvalue weighted by Gasteiger charge is 2.41. The molecular formula is C9H9Br2NO3. The van der Waals surface area contributed by atoms with E-state index in [4.69, 9.17) is 10.00 Å². The molecule has 15 heavy (non-hydrogen) atoms. The molecule has 0 bridgehead atoms. The highest BCUT2D eigenvalue weighted by molar-refractivity contribution is 9.12. The van der Waals surface area contributed by atoms with Crippen molar-refractivity contribution in [2.75, 3.05) is 7.11 Å². The van der Waals surface area contributed by atoms with Crippen molar-refractivity contribution < 1.29 is 14.9 Å². The molecule has 1 rings (SSSR count). The Morgan fingerprint density at radius 2 is 2.27 bits per heavy atom. The van der Waals surface area contributed by atoms with E-state index in [0.29, 0.717) is 14.7 Å². The topological polar surface area (TPSA) is 73.5 Å². The first-order valence-corrected chi connectivity index (χ1v) is 5.64. The number of aliphatic hydroxyl groups is 2. The van der Waals surface area contributed by atoms with Crippen LogP contribution in [0.3, 0.4) is 0 Å². The van der Waals surface area contributed by atoms with E-state index in [2.05, 4.69) is 31.9 Å². The number of hydrogen-bond acceptors (Lipinski definition) is 4. The Morgan fingerprint density at radius 3 is 2.73 bits per heavy atom. The van der Waals surface area contributed by atoms with Crippen LogP contribution in [0.1, 0.15) is 6.42 Å². The molecule has 82 valence electrons. The third-order valence-electron chi connectivity index (χ3n) is 2.09. The van der Waals surface area contributed by atoms with Gasteiger partial charge in [-0.3, -0.25) is 0 Å². The highest BCUT2D eigenvalue weighted by atomic mass is 79.9. The lowest BCUT2D eigenvalue weighted by molar-refractivity contribution is -0.0164. The summed E-state index contributed by atoms with van der Waals surface area (Å²) in [5.74, 6) is 0.408. The average molecular weight is 339 g/mol. The van der Waals surface area contributed by atoms with Gasteiger partial charge in [0.1, 0.15) is 17.5 Å². The fraction of sp³-hybridized carbons (Fsp3) is 0.444. The van der Waals surface area contributed by atoms with E-state index in [1.54, 1.807) is 0 Å². The minimum atomic E-state index is -1.59. The molecule has 0 aromatic heterocycles. The number of halogens is 2. The third kappa shape index (κ3) is 2.26. The monoisotopic (exact) mass is 337 g/mol. The quantitative estimate of drug-likeness (QED) is 0.801. The maximum Gasteiger partial charge on any atom is 0.145 e. The van der Waals surface area contributed by atoms with Gasteiger partial charge >= 0.3 is 0 Å². The summed E-state index contributed by atoms with van der Waals surface area (Å²) in [5, 5.41) is 28.4. The number of allylic oxidation sites excluding steroid dienone is 1. The molecule has 0 amide bonds. The fourth-order valence-corrected chi connectivity index (χ4v) is 3.10. The van der Waals surface area contributed by atoms with Crippen molar-refractivity contribution in [3.05, 3.63) is 20.8 Å². The first kappa shape index (κ1) is 12.7. The lowest BCUT2D eigenvalue weighted by Crippen LogP contribution is -2.43. The van der Waals surface area contributed by atoms with Gasteiger partial charge in [0.15, 0.2) is 0 Å². The summed E-state index contributed by atoms with van der Waals surface area (Å²) >= 11 is 6.33. The van der Waals surface area contributed by atoms with Crippen LogP contribution in [-0.4, -0.2) is 29.0 Å². The van der Waals surface area contributed by atoms with Crippen molar-refractivity contribution in [2.45, 2.75) is 18.1 Å². The third-order valence-corrected chi connectivity index (χ3v) is 3.47. The summed E-state index contributed by atoms with van der Waals surface area (Å²) in [4.78, 5) is 0. The van der Waals surface area contributed by atoms with Gasteiger partial charge in [0.2, 0.25) is 0 Å². The van der Waals surface area contributed by atoms with E-state index >= 15 is 0 Å². The lowest BCUT2D eigenvalue weighted by atomic mass is 9.89. The average Bonchev–Trinajstić information content (AvgIpc) is 2.15. The van der Waals surface area contributed by atoms with Crippen molar-refractivity contribution in [1.82, 2.24) is 0 Å². The van der Waals surface area contributed by atoms with Crippen LogP contribution in [0, 0.1) is 11.3 Å². The number of hydrogen-bond donors (Lipinski definition) is 2. The molecule has 1 aliphatic carbocycles. The van der Waals surface area contributed by atoms with Gasteiger partial charge < -0.3 is 14.9 Å². The van der Waals surface area contributed by atoms with Gasteiger partial charge in [0, 0.05) is 0 Å². The van der Waals surface area contributed by atoms with Gasteiger partial charge in [0.05, 0.1) is 28.6 Å². The van der Waals surface area contributed by atoms with Crippen LogP contribution < -0.4 is 0 Å². The smallest absolute Gasteiger partial charge is 0.145 e. The summed E-state index contributed by atoms with van der Waals surface area (Å²) in [6, 6.07) is 1.82. The second-order valence-electron chi connectivity index (χ2n) is 3.10. The molecule has 0 saturated carbocycles. The normalized spacial score (nSPS) is 30.9. The Labute approximate surface area is 104 Å². The zero-order valence-corrected chi connectivity index (χ0v) is 11.0. The molecule has 0 heterocycles. The summed E-state index contributed by atoms with van der Waals surface area (Å²) in [6.45, 7) is 0. The number of nitrogens with zero attached hydrogens (tertiary/aromatic N) is 1.